The van der Waals surface area contributed by atoms with Crippen molar-refractivity contribution in [2.24, 2.45) is 0 Å². The Kier molecular flexibility index (Phi) is 70.4. The van der Waals surface area contributed by atoms with Crippen LogP contribution in [0.4, 0.5) is 0 Å². The lowest BCUT2D eigenvalue weighted by atomic mass is 9.85. The Bertz CT molecular complexity index is 2390. The van der Waals surface area contributed by atoms with Crippen LogP contribution in [0.15, 0.2) is 157 Å². The lowest BCUT2D eigenvalue weighted by Gasteiger charge is -2.29. The van der Waals surface area contributed by atoms with Crippen molar-refractivity contribution in [1.29, 1.82) is 0 Å². The van der Waals surface area contributed by atoms with Crippen molar-refractivity contribution < 1.29 is 22.8 Å². The highest BCUT2D eigenvalue weighted by Crippen LogP contribution is 2.31. The number of unbranched alkanes of at least 4 members (excludes halogenated alkanes) is 38. The van der Waals surface area contributed by atoms with E-state index in [9.17, 15) is 18.6 Å². The van der Waals surface area contributed by atoms with Gasteiger partial charge in [0.25, 0.3) is 10.1 Å². The number of hydrogen-bond acceptors (Lipinski definition) is 6. The van der Waals surface area contributed by atoms with Gasteiger partial charge in [0, 0.05) is 6.54 Å². The molecule has 0 unspecified atom stereocenters. The maximum Gasteiger partial charge on any atom is 0.296 e. The molecular weight excluding hydrogens is 1290 g/mol. The van der Waals surface area contributed by atoms with Gasteiger partial charge in [-0.05, 0) is 231 Å². The fourth-order valence-electron chi connectivity index (χ4n) is 13.8. The Morgan fingerprint density at radius 1 is 0.327 bits per heavy atom. The summed E-state index contributed by atoms with van der Waals surface area (Å²) in [6.45, 7) is 13.2. The van der Waals surface area contributed by atoms with Crippen LogP contribution in [0.3, 0.4) is 0 Å². The fraction of sp³-hybridized carbons (Fsp3) is 0.711. The van der Waals surface area contributed by atoms with Gasteiger partial charge in [0.15, 0.2) is 0 Å². The highest BCUT2D eigenvalue weighted by atomic mass is 32.2. The zero-order chi connectivity index (χ0) is 75.3. The Morgan fingerprint density at radius 2 is 0.587 bits per heavy atom. The van der Waals surface area contributed by atoms with Crippen LogP contribution in [-0.4, -0.2) is 54.9 Å². The van der Waals surface area contributed by atoms with E-state index in [1.54, 1.807) is 24.3 Å². The van der Waals surface area contributed by atoms with E-state index >= 15 is 0 Å². The first kappa shape index (κ1) is 98.2. The zero-order valence-electron chi connectivity index (χ0n) is 69.0. The van der Waals surface area contributed by atoms with Gasteiger partial charge in [0.2, 0.25) is 0 Å². The van der Waals surface area contributed by atoms with Gasteiger partial charge >= 0.3 is 0 Å². The van der Waals surface area contributed by atoms with E-state index < -0.39 is 21.3 Å². The minimum absolute atomic E-state index is 0.155. The molecule has 0 aliphatic rings. The number of allylic oxidation sites excluding steroid dienone is 16. The summed E-state index contributed by atoms with van der Waals surface area (Å²) in [6, 6.07) is 17.6. The molecule has 2 aromatic rings. The summed E-state index contributed by atoms with van der Waals surface area (Å²) in [4.78, 5) is 2.63. The third-order valence-corrected chi connectivity index (χ3v) is 22.0. The van der Waals surface area contributed by atoms with Crippen LogP contribution in [-0.2, 0) is 20.8 Å². The number of hydrogen-bond donors (Lipinski definition) is 2. The molecule has 104 heavy (non-hydrogen) atoms. The molecule has 0 heterocycles. The predicted octanol–water partition coefficient (Wildman–Crippen LogP) is 30.4. The minimum atomic E-state index is -3.75. The molecule has 596 valence electrons. The summed E-state index contributed by atoms with van der Waals surface area (Å²) < 4.78 is 30.5. The Balaban J connectivity index is 0.00000104. The second-order valence-corrected chi connectivity index (χ2v) is 32.6. The number of rotatable bonds is 74. The second kappa shape index (κ2) is 74.6. The molecule has 0 fully saturated rings. The van der Waals surface area contributed by atoms with Gasteiger partial charge in [-0.25, -0.2) is 0 Å². The number of nitrogens with zero attached hydrogens (tertiary/aromatic N) is 1. The molecule has 0 bridgehead atoms. The van der Waals surface area contributed by atoms with E-state index in [1.165, 1.54) is 282 Å². The predicted molar refractivity (Wildman–Crippen MR) is 461 cm³/mol. The van der Waals surface area contributed by atoms with Crippen LogP contribution in [0.2, 0.25) is 0 Å². The van der Waals surface area contributed by atoms with E-state index in [2.05, 4.69) is 167 Å². The monoisotopic (exact) mass is 1460 g/mol. The first-order valence-electron chi connectivity index (χ1n) is 44.3. The molecule has 0 atom stereocenters. The van der Waals surface area contributed by atoms with Gasteiger partial charge < -0.3 is 15.1 Å². The van der Waals surface area contributed by atoms with Crippen molar-refractivity contribution >= 4 is 10.1 Å². The maximum absolute atomic E-state index is 12.6. The SMILES string of the molecule is CCCCC/C=C\C/C=C\CCCCCCCCC(O)(CCCCCCCC/C=C\C/C=C\CCCCC)CCCCN(C)Cc1ccccc1.CCCCC/C=C\C/C=C\CCCCCCCCC(O)(CCCCCCCC/C=C\C/C=C\CCCCC)CCCCOS(=O)(=O)c1ccc(C)cc1. The molecule has 0 radical (unpaired) electrons. The molecule has 0 saturated heterocycles. The van der Waals surface area contributed by atoms with Crippen LogP contribution in [0.5, 0.6) is 0 Å². The van der Waals surface area contributed by atoms with E-state index in [-0.39, 0.29) is 11.5 Å². The smallest absolute Gasteiger partial charge is 0.296 e. The van der Waals surface area contributed by atoms with Gasteiger partial charge in [0.1, 0.15) is 0 Å². The van der Waals surface area contributed by atoms with E-state index in [1.807, 2.05) is 6.92 Å². The lowest BCUT2D eigenvalue weighted by Crippen LogP contribution is -2.29. The van der Waals surface area contributed by atoms with E-state index in [4.69, 9.17) is 4.18 Å². The quantitative estimate of drug-likeness (QED) is 0.0390. The Morgan fingerprint density at radius 3 is 0.885 bits per heavy atom. The molecule has 0 saturated carbocycles. The molecule has 0 aromatic heterocycles. The highest BCUT2D eigenvalue weighted by Gasteiger charge is 2.27. The van der Waals surface area contributed by atoms with Gasteiger partial charge in [-0.15, -0.1) is 0 Å². The molecule has 0 amide bonds. The largest absolute Gasteiger partial charge is 0.390 e. The Labute approximate surface area is 646 Å². The summed E-state index contributed by atoms with van der Waals surface area (Å²) >= 11 is 0. The standard InChI is InChI=1S/C49H85NO.C48H82O4S/c1-4-6-8-10-12-14-16-18-20-22-24-26-28-30-32-37-43-49(51,45-39-40-46-50(3)47-48-41-35-34-36-42-48)44-38-33-31-29-27-25-23-21-19-17-15-13-11-9-7-5-2;1-4-6-8-10-12-14-16-18-20-22-24-26-28-30-32-34-42-48(49,44-36-37-45-52-53(50,51)47-40-38-46(3)39-41-47)43-35-33-31-29-27-25-23-21-19-17-15-13-11-9-7-5-2/h12-15,18-21,34-36,41-42,51H,4-11,16-17,22-33,37-40,43-47H2,1-3H3;12-15,18-21,38-41,49H,4-11,16-17,22-37,42-45H2,1-3H3/b2*14-12-,15-13-,20-18-,21-19-. The van der Waals surface area contributed by atoms with Crippen molar-refractivity contribution in [2.75, 3.05) is 20.2 Å². The summed E-state index contributed by atoms with van der Waals surface area (Å²) in [7, 11) is -1.52. The third kappa shape index (κ3) is 66.4. The summed E-state index contributed by atoms with van der Waals surface area (Å²) in [6.07, 6.45) is 106. The van der Waals surface area contributed by atoms with Gasteiger partial charge in [-0.2, -0.15) is 8.42 Å². The summed E-state index contributed by atoms with van der Waals surface area (Å²) in [5.74, 6) is 0. The molecule has 6 nitrogen and oxygen atoms in total. The van der Waals surface area contributed by atoms with Crippen molar-refractivity contribution in [3.05, 3.63) is 163 Å². The van der Waals surface area contributed by atoms with Crippen molar-refractivity contribution in [3.63, 3.8) is 0 Å². The van der Waals surface area contributed by atoms with Crippen LogP contribution in [0.25, 0.3) is 0 Å². The Hall–Kier alpha value is -3.85. The molecule has 0 aliphatic carbocycles. The first-order chi connectivity index (χ1) is 50.9. The van der Waals surface area contributed by atoms with E-state index in [0.717, 1.165) is 102 Å². The summed E-state index contributed by atoms with van der Waals surface area (Å²) in [5.41, 5.74) is 1.26. The highest BCUT2D eigenvalue weighted by molar-refractivity contribution is 7.86. The molecule has 2 aromatic carbocycles. The number of benzene rings is 2. The third-order valence-electron chi connectivity index (χ3n) is 20.7. The van der Waals surface area contributed by atoms with E-state index in [0.29, 0.717) is 12.8 Å². The first-order valence-corrected chi connectivity index (χ1v) is 45.7. The normalized spacial score (nSPS) is 12.7. The number of aliphatic hydroxyl groups is 2. The van der Waals surface area contributed by atoms with Gasteiger partial charge in [-0.3, -0.25) is 4.18 Å². The molecule has 7 heteroatoms. The molecule has 2 rings (SSSR count). The average Bonchev–Trinajstić information content (AvgIpc) is 0.851. The van der Waals surface area contributed by atoms with Crippen LogP contribution >= 0.6 is 0 Å². The average molecular weight is 1460 g/mol. The van der Waals surface area contributed by atoms with Crippen molar-refractivity contribution in [2.45, 2.75) is 430 Å². The van der Waals surface area contributed by atoms with Crippen molar-refractivity contribution in [3.8, 4) is 0 Å². The van der Waals surface area contributed by atoms with Gasteiger partial charge in [-0.1, -0.05) is 353 Å². The van der Waals surface area contributed by atoms with Crippen LogP contribution < -0.4 is 0 Å². The molecule has 0 aliphatic heterocycles. The minimum Gasteiger partial charge on any atom is -0.390 e. The molecular formula is C97H167NO5S. The number of aryl methyl sites for hydroxylation is 1. The molecule has 0 spiro atoms. The second-order valence-electron chi connectivity index (χ2n) is 31.0. The molecule has 2 N–H and O–H groups in total. The lowest BCUT2D eigenvalue weighted by molar-refractivity contribution is 0.00618. The topological polar surface area (TPSA) is 87.1 Å². The summed E-state index contributed by atoms with van der Waals surface area (Å²) in [5, 5.41) is 23.5. The van der Waals surface area contributed by atoms with Crippen LogP contribution in [0, 0.1) is 6.92 Å². The maximum atomic E-state index is 12.6. The van der Waals surface area contributed by atoms with Crippen molar-refractivity contribution in [1.82, 2.24) is 4.90 Å². The van der Waals surface area contributed by atoms with Crippen LogP contribution in [0.1, 0.15) is 411 Å². The van der Waals surface area contributed by atoms with Gasteiger partial charge in [0.05, 0.1) is 22.7 Å². The fourth-order valence-corrected chi connectivity index (χ4v) is 14.8. The zero-order valence-corrected chi connectivity index (χ0v) is 69.9.